The van der Waals surface area contributed by atoms with Crippen molar-refractivity contribution in [3.8, 4) is 52.5 Å². The molecule has 0 saturated heterocycles. The highest BCUT2D eigenvalue weighted by Gasteiger charge is 2.55. The second-order valence-corrected chi connectivity index (χ2v) is 46.7. The number of carbonyl (C=O) groups is 2. The number of thiophene rings is 8. The summed E-state index contributed by atoms with van der Waals surface area (Å²) in [5, 5.41) is 21.5. The van der Waals surface area contributed by atoms with Gasteiger partial charge in [0.1, 0.15) is 0 Å². The molecule has 0 N–H and O–H groups in total. The summed E-state index contributed by atoms with van der Waals surface area (Å²) in [6, 6.07) is 55.5. The zero-order valence-electron chi connectivity index (χ0n) is 79.6. The average molecular weight is 1900 g/mol. The summed E-state index contributed by atoms with van der Waals surface area (Å²) < 4.78 is 0. The predicted octanol–water partition coefficient (Wildman–Crippen LogP) is 37.8. The van der Waals surface area contributed by atoms with Crippen LogP contribution >= 0.6 is 90.7 Å². The maximum Gasteiger partial charge on any atom is 0.270 e. The summed E-state index contributed by atoms with van der Waals surface area (Å²) in [7, 11) is 0. The fourth-order valence-corrected chi connectivity index (χ4v) is 31.7. The first-order chi connectivity index (χ1) is 64.8. The van der Waals surface area contributed by atoms with Gasteiger partial charge in [-0.3, -0.25) is 9.59 Å². The third kappa shape index (κ3) is 21.1. The molecule has 8 heterocycles. The second kappa shape index (κ2) is 47.3. The van der Waals surface area contributed by atoms with Crippen molar-refractivity contribution in [1.82, 2.24) is 0 Å². The molecule has 0 amide bonds. The van der Waals surface area contributed by atoms with Crippen molar-refractivity contribution in [3.63, 3.8) is 0 Å². The Bertz CT molecular complexity index is 5630. The first-order valence-electron chi connectivity index (χ1n) is 50.7. The molecule has 0 fully saturated rings. The van der Waals surface area contributed by atoms with Crippen molar-refractivity contribution < 1.29 is 9.59 Å². The number of hydrogen-bond acceptors (Lipinski definition) is 12. The molecule has 4 aliphatic carbocycles. The molecule has 132 heavy (non-hydrogen) atoms. The fraction of sp³-hybridized carbons (Fsp3) is 0.458. The first-order valence-corrected chi connectivity index (χ1v) is 57.2. The standard InChI is InChI=1S/C118H134N4O2S8/c1-11-19-27-35-47-79(48-36-28-20-12-2)67-81-69-87(71-95-109(101(77-119)121-9)89-55-43-45-57-91(89)111(95)123)129-113(81)103-75-99-115(131-103)93-73-98-94(74-97(93)117(99,105-63-59-83(125-105)51-39-31-23-15-5)106-64-60-84(126-106)52-40-32-24-16-6)116-100(118(98,107-65-61-85(127-107)53-41-33-25-17-7)108-66-62-86(128-108)54-42-34-26-18-8)76-104(132-116)114-82(68-80(49-37-29-21-13-3)50-38-30-22-14-4)70-88(130-114)72-96-110(102(78-120)122-10)90-56-44-46-58-92(90)112(96)124/h43-46,55-66,69-76,79-80H,11-42,47-54,67-68H2,1-8H3/b95-71+,96-72+,109-101-,110-102+. The van der Waals surface area contributed by atoms with Crippen LogP contribution in [0.2, 0.25) is 0 Å². The van der Waals surface area contributed by atoms with Gasteiger partial charge < -0.3 is 0 Å². The van der Waals surface area contributed by atoms with Crippen LogP contribution in [0.15, 0.2) is 156 Å². The molecule has 0 spiro atoms. The third-order valence-corrected chi connectivity index (χ3v) is 38.3. The van der Waals surface area contributed by atoms with Crippen molar-refractivity contribution in [2.24, 2.45) is 11.8 Å². The van der Waals surface area contributed by atoms with Crippen LogP contribution in [-0.2, 0) is 49.4 Å². The Morgan fingerprint density at radius 1 is 0.333 bits per heavy atom. The minimum atomic E-state index is -0.712. The van der Waals surface area contributed by atoms with Gasteiger partial charge in [-0.2, -0.15) is 0 Å². The summed E-state index contributed by atoms with van der Waals surface area (Å²) >= 11 is 15.8. The van der Waals surface area contributed by atoms with Crippen molar-refractivity contribution in [2.45, 2.75) is 336 Å². The number of benzene rings is 3. The van der Waals surface area contributed by atoms with Gasteiger partial charge in [-0.25, -0.2) is 20.2 Å². The maximum absolute atomic E-state index is 15.1. The molecule has 0 aliphatic heterocycles. The Morgan fingerprint density at radius 2 is 0.629 bits per heavy atom. The van der Waals surface area contributed by atoms with Crippen LogP contribution < -0.4 is 0 Å². The van der Waals surface area contributed by atoms with Gasteiger partial charge in [0.05, 0.1) is 36.1 Å². The second-order valence-electron chi connectivity index (χ2n) is 37.8. The van der Waals surface area contributed by atoms with E-state index >= 15 is 9.59 Å². The smallest absolute Gasteiger partial charge is 0.270 e. The van der Waals surface area contributed by atoms with E-state index in [0.29, 0.717) is 56.4 Å². The number of nitrogens with zero attached hydrogens (tertiary/aromatic N) is 4. The van der Waals surface area contributed by atoms with Crippen molar-refractivity contribution >= 4 is 126 Å². The number of nitriles is 2. The van der Waals surface area contributed by atoms with Gasteiger partial charge in [0.15, 0.2) is 11.6 Å². The number of rotatable bonds is 52. The molecule has 6 nitrogen and oxygen atoms in total. The molecule has 4 aliphatic rings. The molecule has 15 rings (SSSR count). The molecule has 0 bridgehead atoms. The lowest BCUT2D eigenvalue weighted by Crippen LogP contribution is -2.27. The number of fused-ring (bicyclic) bond motifs is 8. The van der Waals surface area contributed by atoms with Crippen LogP contribution in [-0.4, -0.2) is 11.6 Å². The van der Waals surface area contributed by atoms with Crippen LogP contribution in [0.1, 0.15) is 401 Å². The molecule has 11 aromatic rings. The van der Waals surface area contributed by atoms with E-state index < -0.39 is 10.8 Å². The Kier molecular flexibility index (Phi) is 35.2. The summed E-state index contributed by atoms with van der Waals surface area (Å²) in [5.41, 5.74) is 13.3. The van der Waals surface area contributed by atoms with Crippen molar-refractivity contribution in [1.29, 1.82) is 10.5 Å². The van der Waals surface area contributed by atoms with Crippen LogP contribution in [0.4, 0.5) is 0 Å². The minimum Gasteiger partial charge on any atom is -0.289 e. The van der Waals surface area contributed by atoms with Gasteiger partial charge >= 0.3 is 0 Å². The summed E-state index contributed by atoms with van der Waals surface area (Å²) in [5.74, 6) is 0.651. The molecule has 8 aromatic heterocycles. The summed E-state index contributed by atoms with van der Waals surface area (Å²) in [6.45, 7) is 35.3. The van der Waals surface area contributed by atoms with Gasteiger partial charge in [0.2, 0.25) is 0 Å². The van der Waals surface area contributed by atoms with Crippen molar-refractivity contribution in [3.05, 3.63) is 283 Å². The van der Waals surface area contributed by atoms with E-state index in [1.54, 1.807) is 22.7 Å². The Hall–Kier alpha value is -8.48. The SMILES string of the molecule is [C-]#[N+]/C(C#N)=C1\C(=C/c2cc(CC(CCCCCC)CCCCCC)c(-c3cc4c(s3)-c3cc5c(cc3C4(c3ccc(CCCCCC)s3)c3ccc(CCCCCC)s3)-c3sc(-c4sc(/C=C6/C(=O)c7ccccc7/C6=C(/C#N)[N+]#[C-])cc4CC(CCCCCC)CCCCCC)cc3C5(c3ccc(CCCCCC)s3)c3ccc(CCCCCC)s3)s2)C(=O)c2ccccc21. The zero-order chi connectivity index (χ0) is 92.1. The van der Waals surface area contributed by atoms with Gasteiger partial charge in [-0.1, -0.05) is 309 Å². The molecule has 686 valence electrons. The third-order valence-electron chi connectivity index (χ3n) is 28.3. The van der Waals surface area contributed by atoms with Gasteiger partial charge in [0, 0.05) is 111 Å². The number of hydrogen-bond donors (Lipinski definition) is 0. The van der Waals surface area contributed by atoms with Gasteiger partial charge in [-0.05, 0) is 229 Å². The number of aryl methyl sites for hydroxylation is 4. The molecular formula is C118H134N4O2S8. The lowest BCUT2D eigenvalue weighted by atomic mass is 9.73. The van der Waals surface area contributed by atoms with Gasteiger partial charge in [-0.15, -0.1) is 90.7 Å². The fourth-order valence-electron chi connectivity index (χ4n) is 21.4. The molecular weight excluding hydrogens is 1760 g/mol. The van der Waals surface area contributed by atoms with Crippen LogP contribution in [0.25, 0.3) is 73.4 Å². The first kappa shape index (κ1) is 98.0. The van der Waals surface area contributed by atoms with Crippen LogP contribution in [0, 0.1) is 47.6 Å². The lowest BCUT2D eigenvalue weighted by Gasteiger charge is -2.32. The zero-order valence-corrected chi connectivity index (χ0v) is 86.1. The maximum atomic E-state index is 15.1. The van der Waals surface area contributed by atoms with E-state index in [1.165, 1.54) is 318 Å². The lowest BCUT2D eigenvalue weighted by molar-refractivity contribution is 0.103. The van der Waals surface area contributed by atoms with E-state index in [1.807, 2.05) is 83.4 Å². The minimum absolute atomic E-state index is 0.0560. The Balaban J connectivity index is 1.02. The van der Waals surface area contributed by atoms with Crippen LogP contribution in [0.3, 0.4) is 0 Å². The molecule has 14 heteroatoms. The van der Waals surface area contributed by atoms with Crippen molar-refractivity contribution in [2.75, 3.05) is 0 Å². The number of ketones is 2. The summed E-state index contributed by atoms with van der Waals surface area (Å²) in [4.78, 5) is 58.6. The summed E-state index contributed by atoms with van der Waals surface area (Å²) in [6.07, 6.45) is 53.3. The number of allylic oxidation sites excluding steroid dienone is 6. The Morgan fingerprint density at radius 3 is 0.917 bits per heavy atom. The highest BCUT2D eigenvalue weighted by atomic mass is 32.1. The average Bonchev–Trinajstić information content (AvgIpc) is 1.49. The monoisotopic (exact) mass is 1890 g/mol. The van der Waals surface area contributed by atoms with E-state index in [-0.39, 0.29) is 23.0 Å². The normalized spacial score (nSPS) is 15.2. The highest BCUT2D eigenvalue weighted by molar-refractivity contribution is 7.25. The Labute approximate surface area is 821 Å². The number of carbonyl (C=O) groups excluding carboxylic acids is 2. The predicted molar refractivity (Wildman–Crippen MR) is 572 cm³/mol. The van der Waals surface area contributed by atoms with E-state index in [0.717, 1.165) is 74.0 Å². The number of Topliss-reactive ketones (excluding diaryl/α,β-unsaturated/α-hetero) is 2. The number of unbranched alkanes of at least 4 members (excludes halogenated alkanes) is 24. The molecule has 0 atom stereocenters. The molecule has 0 radical (unpaired) electrons. The van der Waals surface area contributed by atoms with E-state index in [2.05, 4.69) is 207 Å². The molecule has 0 unspecified atom stereocenters. The van der Waals surface area contributed by atoms with Gasteiger partial charge in [0.25, 0.3) is 11.4 Å². The molecule has 0 saturated carbocycles. The topological polar surface area (TPSA) is 90.4 Å². The quantitative estimate of drug-likeness (QED) is 0.0164. The largest absolute Gasteiger partial charge is 0.289 e. The van der Waals surface area contributed by atoms with Crippen LogP contribution in [0.5, 0.6) is 0 Å². The molecule has 3 aromatic carbocycles. The highest BCUT2D eigenvalue weighted by Crippen LogP contribution is 2.69. The van der Waals surface area contributed by atoms with E-state index in [9.17, 15) is 10.5 Å². The van der Waals surface area contributed by atoms with E-state index in [4.69, 9.17) is 13.1 Å².